The fourth-order valence-corrected chi connectivity index (χ4v) is 3.06. The summed E-state index contributed by atoms with van der Waals surface area (Å²) in [5, 5.41) is 3.79. The van der Waals surface area contributed by atoms with E-state index in [0.717, 1.165) is 5.56 Å². The predicted molar refractivity (Wildman–Crippen MR) is 105 cm³/mol. The van der Waals surface area contributed by atoms with Crippen molar-refractivity contribution in [3.8, 4) is 22.8 Å². The first kappa shape index (κ1) is 19.1. The van der Waals surface area contributed by atoms with Crippen molar-refractivity contribution >= 4 is 29.1 Å². The van der Waals surface area contributed by atoms with E-state index < -0.39 is 0 Å². The molecule has 0 aliphatic heterocycles. The largest absolute Gasteiger partial charge is 0.493 e. The topological polar surface area (TPSA) is 60.7 Å². The predicted octanol–water partition coefficient (Wildman–Crippen LogP) is 5.20. The van der Waals surface area contributed by atoms with E-state index in [1.807, 2.05) is 6.07 Å². The molecule has 1 N–H and O–H groups in total. The van der Waals surface area contributed by atoms with Crippen LogP contribution in [0.25, 0.3) is 11.3 Å². The van der Waals surface area contributed by atoms with Crippen LogP contribution in [0, 0.1) is 0 Å². The van der Waals surface area contributed by atoms with Gasteiger partial charge in [0.1, 0.15) is 5.76 Å². The van der Waals surface area contributed by atoms with Crippen LogP contribution in [-0.2, 0) is 6.54 Å². The van der Waals surface area contributed by atoms with Gasteiger partial charge in [-0.1, -0.05) is 29.3 Å². The molecular weight excluding hydrogens is 389 g/mol. The summed E-state index contributed by atoms with van der Waals surface area (Å²) in [6.45, 7) is 0.316. The number of rotatable bonds is 6. The molecule has 140 valence electrons. The monoisotopic (exact) mass is 405 g/mol. The van der Waals surface area contributed by atoms with E-state index in [9.17, 15) is 4.79 Å². The summed E-state index contributed by atoms with van der Waals surface area (Å²) in [5.41, 5.74) is 1.54. The molecule has 27 heavy (non-hydrogen) atoms. The third-order valence-corrected chi connectivity index (χ3v) is 4.48. The van der Waals surface area contributed by atoms with Gasteiger partial charge >= 0.3 is 0 Å². The molecule has 0 bridgehead atoms. The number of hydrogen-bond acceptors (Lipinski definition) is 4. The van der Waals surface area contributed by atoms with Crippen LogP contribution in [0.2, 0.25) is 10.0 Å². The molecular formula is C20H17Cl2NO4. The number of methoxy groups -OCH3 is 2. The molecule has 5 nitrogen and oxygen atoms in total. The molecule has 0 unspecified atom stereocenters. The fourth-order valence-electron chi connectivity index (χ4n) is 2.55. The fraction of sp³-hybridized carbons (Fsp3) is 0.150. The number of carbonyl (C=O) groups is 1. The summed E-state index contributed by atoms with van der Waals surface area (Å²) in [7, 11) is 3.13. The Hall–Kier alpha value is -2.63. The Bertz CT molecular complexity index is 968. The number of amides is 1. The lowest BCUT2D eigenvalue weighted by atomic mass is 10.2. The first-order valence-electron chi connectivity index (χ1n) is 8.06. The maximum atomic E-state index is 12.4. The van der Waals surface area contributed by atoms with Gasteiger partial charge in [-0.3, -0.25) is 4.79 Å². The van der Waals surface area contributed by atoms with E-state index >= 15 is 0 Å². The normalized spacial score (nSPS) is 10.5. The first-order chi connectivity index (χ1) is 13.0. The van der Waals surface area contributed by atoms with Gasteiger partial charge in [0, 0.05) is 17.1 Å². The molecule has 0 saturated carbocycles. The van der Waals surface area contributed by atoms with Crippen molar-refractivity contribution in [2.24, 2.45) is 0 Å². The molecule has 1 amide bonds. The summed E-state index contributed by atoms with van der Waals surface area (Å²) in [4.78, 5) is 12.4. The zero-order chi connectivity index (χ0) is 19.4. The van der Waals surface area contributed by atoms with Gasteiger partial charge in [-0.25, -0.2) is 0 Å². The lowest BCUT2D eigenvalue weighted by Gasteiger charge is -2.10. The third-order valence-electron chi connectivity index (χ3n) is 3.93. The van der Waals surface area contributed by atoms with E-state index in [4.69, 9.17) is 37.1 Å². The molecule has 3 aromatic rings. The zero-order valence-electron chi connectivity index (χ0n) is 14.7. The van der Waals surface area contributed by atoms with Crippen LogP contribution in [0.15, 0.2) is 52.9 Å². The molecule has 0 spiro atoms. The maximum Gasteiger partial charge on any atom is 0.287 e. The number of hydrogen-bond donors (Lipinski definition) is 1. The number of nitrogens with one attached hydrogen (secondary N) is 1. The van der Waals surface area contributed by atoms with Gasteiger partial charge in [-0.2, -0.15) is 0 Å². The number of ether oxygens (including phenoxy) is 2. The van der Waals surface area contributed by atoms with Crippen molar-refractivity contribution in [3.63, 3.8) is 0 Å². The van der Waals surface area contributed by atoms with Crippen LogP contribution < -0.4 is 14.8 Å². The Morgan fingerprint density at radius 3 is 2.48 bits per heavy atom. The first-order valence-corrected chi connectivity index (χ1v) is 8.81. The molecule has 0 aliphatic carbocycles. The number of furan rings is 1. The second kappa shape index (κ2) is 8.37. The minimum Gasteiger partial charge on any atom is -0.493 e. The Labute approximate surface area is 166 Å². The molecule has 0 aliphatic rings. The van der Waals surface area contributed by atoms with E-state index in [0.29, 0.717) is 39.4 Å². The van der Waals surface area contributed by atoms with Crippen LogP contribution in [0.5, 0.6) is 11.5 Å². The molecule has 0 fully saturated rings. The van der Waals surface area contributed by atoms with E-state index in [1.54, 1.807) is 56.7 Å². The zero-order valence-corrected chi connectivity index (χ0v) is 16.2. The highest BCUT2D eigenvalue weighted by Gasteiger charge is 2.14. The summed E-state index contributed by atoms with van der Waals surface area (Å²) in [6, 6.07) is 13.8. The van der Waals surface area contributed by atoms with Gasteiger partial charge in [0.2, 0.25) is 0 Å². The van der Waals surface area contributed by atoms with Crippen LogP contribution in [0.1, 0.15) is 16.1 Å². The second-order valence-corrected chi connectivity index (χ2v) is 6.50. The summed E-state index contributed by atoms with van der Waals surface area (Å²) >= 11 is 12.1. The van der Waals surface area contributed by atoms with E-state index in [1.165, 1.54) is 0 Å². The number of benzene rings is 2. The molecule has 0 radical (unpaired) electrons. The molecule has 1 aromatic heterocycles. The third kappa shape index (κ3) is 4.38. The second-order valence-electron chi connectivity index (χ2n) is 5.66. The smallest absolute Gasteiger partial charge is 0.287 e. The van der Waals surface area contributed by atoms with Crippen molar-refractivity contribution in [2.45, 2.75) is 6.54 Å². The molecule has 7 heteroatoms. The van der Waals surface area contributed by atoms with Crippen LogP contribution in [-0.4, -0.2) is 20.1 Å². The maximum absolute atomic E-state index is 12.4. The highest BCUT2D eigenvalue weighted by Crippen LogP contribution is 2.31. The Balaban J connectivity index is 1.70. The standard InChI is InChI=1S/C20H17Cl2NO4/c1-25-17-6-3-12(9-19(17)26-2)11-23-20(24)18-8-7-16(27-18)14-5-4-13(21)10-15(14)22/h3-10H,11H2,1-2H3,(H,23,24). The molecule has 0 atom stereocenters. The van der Waals surface area contributed by atoms with Crippen molar-refractivity contribution in [2.75, 3.05) is 14.2 Å². The molecule has 3 rings (SSSR count). The van der Waals surface area contributed by atoms with Gasteiger partial charge in [-0.05, 0) is 48.0 Å². The van der Waals surface area contributed by atoms with Crippen LogP contribution in [0.4, 0.5) is 0 Å². The van der Waals surface area contributed by atoms with Gasteiger partial charge < -0.3 is 19.2 Å². The number of halogens is 2. The SMILES string of the molecule is COc1ccc(CNC(=O)c2ccc(-c3ccc(Cl)cc3Cl)o2)cc1OC. The highest BCUT2D eigenvalue weighted by atomic mass is 35.5. The van der Waals surface area contributed by atoms with Gasteiger partial charge in [0.25, 0.3) is 5.91 Å². The van der Waals surface area contributed by atoms with Crippen molar-refractivity contribution in [3.05, 3.63) is 69.9 Å². The van der Waals surface area contributed by atoms with Gasteiger partial charge in [0.05, 0.1) is 19.2 Å². The number of carbonyl (C=O) groups excluding carboxylic acids is 1. The summed E-state index contributed by atoms with van der Waals surface area (Å²) < 4.78 is 16.1. The van der Waals surface area contributed by atoms with Crippen molar-refractivity contribution in [1.29, 1.82) is 0 Å². The Morgan fingerprint density at radius 1 is 1.00 bits per heavy atom. The molecule has 1 heterocycles. The minimum atomic E-state index is -0.332. The lowest BCUT2D eigenvalue weighted by Crippen LogP contribution is -2.22. The van der Waals surface area contributed by atoms with E-state index in [2.05, 4.69) is 5.32 Å². The summed E-state index contributed by atoms with van der Waals surface area (Å²) in [6.07, 6.45) is 0. The quantitative estimate of drug-likeness (QED) is 0.611. The molecule has 0 saturated heterocycles. The van der Waals surface area contributed by atoms with E-state index in [-0.39, 0.29) is 11.7 Å². The Kier molecular flexibility index (Phi) is 5.94. The minimum absolute atomic E-state index is 0.191. The van der Waals surface area contributed by atoms with Gasteiger partial charge in [-0.15, -0.1) is 0 Å². The molecule has 2 aromatic carbocycles. The lowest BCUT2D eigenvalue weighted by molar-refractivity contribution is 0.0924. The average molecular weight is 406 g/mol. The average Bonchev–Trinajstić information content (AvgIpc) is 3.15. The summed E-state index contributed by atoms with van der Waals surface area (Å²) in [5.74, 6) is 1.58. The highest BCUT2D eigenvalue weighted by molar-refractivity contribution is 6.36. The Morgan fingerprint density at radius 2 is 1.78 bits per heavy atom. The van der Waals surface area contributed by atoms with Crippen molar-refractivity contribution in [1.82, 2.24) is 5.32 Å². The van der Waals surface area contributed by atoms with Gasteiger partial charge in [0.15, 0.2) is 17.3 Å². The van der Waals surface area contributed by atoms with Crippen LogP contribution >= 0.6 is 23.2 Å². The van der Waals surface area contributed by atoms with Crippen LogP contribution in [0.3, 0.4) is 0 Å². The van der Waals surface area contributed by atoms with Crippen molar-refractivity contribution < 1.29 is 18.7 Å².